The number of rotatable bonds is 28. The summed E-state index contributed by atoms with van der Waals surface area (Å²) in [6, 6.07) is 0. The van der Waals surface area contributed by atoms with Gasteiger partial charge in [-0.2, -0.15) is 0 Å². The lowest BCUT2D eigenvalue weighted by molar-refractivity contribution is 0.109. The van der Waals surface area contributed by atoms with Crippen LogP contribution in [0, 0.1) is 0 Å². The largest absolute Gasteiger partial charge is 0.474 e. The van der Waals surface area contributed by atoms with Crippen LogP contribution < -0.4 is 0 Å². The van der Waals surface area contributed by atoms with Gasteiger partial charge in [-0.3, -0.25) is 13.6 Å². The Morgan fingerprint density at radius 2 is 0.606 bits per heavy atom. The van der Waals surface area contributed by atoms with Crippen molar-refractivity contribution in [2.75, 3.05) is 19.8 Å². The molecule has 0 fully saturated rings. The van der Waals surface area contributed by atoms with Gasteiger partial charge in [-0.1, -0.05) is 143 Å². The van der Waals surface area contributed by atoms with Crippen LogP contribution in [0.25, 0.3) is 0 Å². The third kappa shape index (κ3) is 25.0. The summed E-state index contributed by atoms with van der Waals surface area (Å²) >= 11 is 0. The van der Waals surface area contributed by atoms with Gasteiger partial charge in [-0.15, -0.1) is 0 Å². The molecule has 0 aromatic rings. The van der Waals surface area contributed by atoms with Crippen molar-refractivity contribution in [3.8, 4) is 0 Å². The maximum atomic E-state index is 12.9. The molecule has 0 unspecified atom stereocenters. The normalized spacial score (nSPS) is 12.0. The third-order valence-corrected chi connectivity index (χ3v) is 7.74. The van der Waals surface area contributed by atoms with Gasteiger partial charge >= 0.3 is 7.82 Å². The van der Waals surface area contributed by atoms with Gasteiger partial charge < -0.3 is 0 Å². The van der Waals surface area contributed by atoms with Gasteiger partial charge in [0, 0.05) is 0 Å². The average molecular weight is 491 g/mol. The number of phosphoric ester groups is 1. The van der Waals surface area contributed by atoms with E-state index in [-0.39, 0.29) is 0 Å². The van der Waals surface area contributed by atoms with E-state index in [1.807, 2.05) is 0 Å². The predicted molar refractivity (Wildman–Crippen MR) is 144 cm³/mol. The van der Waals surface area contributed by atoms with Crippen LogP contribution in [0.3, 0.4) is 0 Å². The van der Waals surface area contributed by atoms with Crippen LogP contribution >= 0.6 is 7.82 Å². The van der Waals surface area contributed by atoms with Gasteiger partial charge in [0.05, 0.1) is 19.8 Å². The molecular weight excluding hydrogens is 431 g/mol. The summed E-state index contributed by atoms with van der Waals surface area (Å²) in [5.74, 6) is 0. The Kier molecular flexibility index (Phi) is 26.8. The van der Waals surface area contributed by atoms with E-state index in [1.54, 1.807) is 0 Å². The minimum atomic E-state index is -3.40. The van der Waals surface area contributed by atoms with Gasteiger partial charge in [0.2, 0.25) is 0 Å². The molecule has 0 aromatic heterocycles. The zero-order valence-corrected chi connectivity index (χ0v) is 23.7. The summed E-state index contributed by atoms with van der Waals surface area (Å²) in [5, 5.41) is 0. The van der Waals surface area contributed by atoms with Crippen molar-refractivity contribution in [2.24, 2.45) is 0 Å². The van der Waals surface area contributed by atoms with Crippen molar-refractivity contribution in [2.45, 2.75) is 162 Å². The molecule has 0 aliphatic carbocycles. The Labute approximate surface area is 207 Å². The van der Waals surface area contributed by atoms with Crippen LogP contribution in [-0.4, -0.2) is 19.8 Å². The first-order valence-corrected chi connectivity index (χ1v) is 16.2. The first-order chi connectivity index (χ1) is 16.2. The molecule has 0 radical (unpaired) electrons. The summed E-state index contributed by atoms with van der Waals surface area (Å²) < 4.78 is 29.8. The molecule has 0 atom stereocenters. The molecule has 0 amide bonds. The van der Waals surface area contributed by atoms with Crippen molar-refractivity contribution in [1.29, 1.82) is 0 Å². The minimum absolute atomic E-state index is 0.448. The quantitative estimate of drug-likeness (QED) is 0.0808. The van der Waals surface area contributed by atoms with Crippen molar-refractivity contribution < 1.29 is 18.1 Å². The molecule has 0 bridgehead atoms. The Morgan fingerprint density at radius 3 is 0.909 bits per heavy atom. The van der Waals surface area contributed by atoms with E-state index < -0.39 is 7.82 Å². The molecule has 0 saturated heterocycles. The molecule has 200 valence electrons. The lowest BCUT2D eigenvalue weighted by atomic mass is 10.1. The van der Waals surface area contributed by atoms with Crippen LogP contribution in [0.5, 0.6) is 0 Å². The highest BCUT2D eigenvalue weighted by atomic mass is 31.2. The Balaban J connectivity index is 3.80. The topological polar surface area (TPSA) is 44.8 Å². The highest BCUT2D eigenvalue weighted by Crippen LogP contribution is 2.49. The number of unbranched alkanes of at least 4 members (excludes halogenated alkanes) is 19. The van der Waals surface area contributed by atoms with E-state index in [0.717, 1.165) is 38.5 Å². The fraction of sp³-hybridized carbons (Fsp3) is 1.00. The molecule has 0 aliphatic rings. The molecule has 0 N–H and O–H groups in total. The van der Waals surface area contributed by atoms with Crippen LogP contribution in [-0.2, 0) is 18.1 Å². The summed E-state index contributed by atoms with van der Waals surface area (Å²) in [6.07, 6.45) is 27.4. The summed E-state index contributed by atoms with van der Waals surface area (Å²) in [4.78, 5) is 0. The van der Waals surface area contributed by atoms with E-state index in [2.05, 4.69) is 20.8 Å². The molecule has 0 saturated carbocycles. The molecule has 0 aromatic carbocycles. The maximum Gasteiger partial charge on any atom is 0.474 e. The smallest absolute Gasteiger partial charge is 0.287 e. The first-order valence-electron chi connectivity index (χ1n) is 14.7. The molecule has 0 rings (SSSR count). The summed E-state index contributed by atoms with van der Waals surface area (Å²) in [5.41, 5.74) is 0. The fourth-order valence-electron chi connectivity index (χ4n) is 3.96. The summed E-state index contributed by atoms with van der Waals surface area (Å²) in [7, 11) is -3.40. The van der Waals surface area contributed by atoms with Crippen molar-refractivity contribution in [3.63, 3.8) is 0 Å². The molecule has 4 nitrogen and oxygen atoms in total. The highest BCUT2D eigenvalue weighted by molar-refractivity contribution is 7.48. The number of phosphoric acid groups is 1. The minimum Gasteiger partial charge on any atom is -0.287 e. The van der Waals surface area contributed by atoms with Gasteiger partial charge in [0.15, 0.2) is 0 Å². The Morgan fingerprint density at radius 1 is 0.364 bits per heavy atom. The second-order valence-corrected chi connectivity index (χ2v) is 11.3. The first kappa shape index (κ1) is 33.1. The average Bonchev–Trinajstić information content (AvgIpc) is 2.81. The molecule has 0 spiro atoms. The van der Waals surface area contributed by atoms with Gasteiger partial charge in [-0.25, -0.2) is 4.57 Å². The lowest BCUT2D eigenvalue weighted by Gasteiger charge is -2.18. The lowest BCUT2D eigenvalue weighted by Crippen LogP contribution is -2.04. The van der Waals surface area contributed by atoms with E-state index >= 15 is 0 Å². The zero-order chi connectivity index (χ0) is 24.3. The van der Waals surface area contributed by atoms with Crippen LogP contribution in [0.4, 0.5) is 0 Å². The van der Waals surface area contributed by atoms with E-state index in [1.165, 1.54) is 103 Å². The second kappa shape index (κ2) is 26.7. The number of hydrogen-bond donors (Lipinski definition) is 0. The molecule has 0 aliphatic heterocycles. The predicted octanol–water partition coefficient (Wildman–Crippen LogP) is 10.8. The Hall–Kier alpha value is 0.110. The van der Waals surface area contributed by atoms with Gasteiger partial charge in [-0.05, 0) is 19.3 Å². The van der Waals surface area contributed by atoms with Gasteiger partial charge in [0.25, 0.3) is 0 Å². The molecule has 33 heavy (non-hydrogen) atoms. The fourth-order valence-corrected chi connectivity index (χ4v) is 5.25. The van der Waals surface area contributed by atoms with E-state index in [9.17, 15) is 4.57 Å². The van der Waals surface area contributed by atoms with E-state index in [4.69, 9.17) is 13.6 Å². The molecule has 5 heteroatoms. The van der Waals surface area contributed by atoms with Crippen LogP contribution in [0.15, 0.2) is 0 Å². The van der Waals surface area contributed by atoms with Crippen LogP contribution in [0.1, 0.15) is 162 Å². The Bertz CT molecular complexity index is 387. The third-order valence-electron chi connectivity index (χ3n) is 6.24. The standard InChI is InChI=1S/C28H59O4P/c1-4-7-10-12-14-16-18-20-22-24-27-31-33(29,30-26-9-6-3)32-28-25-23-21-19-17-15-13-11-8-5-2/h4-28H2,1-3H3. The molecule has 0 heterocycles. The van der Waals surface area contributed by atoms with E-state index in [0.29, 0.717) is 19.8 Å². The van der Waals surface area contributed by atoms with Crippen molar-refractivity contribution >= 4 is 7.82 Å². The van der Waals surface area contributed by atoms with Crippen LogP contribution in [0.2, 0.25) is 0 Å². The number of hydrogen-bond acceptors (Lipinski definition) is 4. The SMILES string of the molecule is CCCCCCCCCCCCOP(=O)(OCCCC)OCCCCCCCCCCCC. The maximum absolute atomic E-state index is 12.9. The molecular formula is C28H59O4P. The van der Waals surface area contributed by atoms with Gasteiger partial charge in [0.1, 0.15) is 0 Å². The zero-order valence-electron chi connectivity index (χ0n) is 22.8. The second-order valence-electron chi connectivity index (χ2n) is 9.66. The van der Waals surface area contributed by atoms with Crippen molar-refractivity contribution in [1.82, 2.24) is 0 Å². The van der Waals surface area contributed by atoms with Crippen molar-refractivity contribution in [3.05, 3.63) is 0 Å². The monoisotopic (exact) mass is 490 g/mol. The summed E-state index contributed by atoms with van der Waals surface area (Å²) in [6.45, 7) is 8.01. The highest BCUT2D eigenvalue weighted by Gasteiger charge is 2.26.